The average Bonchev–Trinajstić information content (AvgIpc) is 2.70. The Labute approximate surface area is 179 Å². The first-order valence-electron chi connectivity index (χ1n) is 8.85. The Morgan fingerprint density at radius 1 is 1.03 bits per heavy atom. The van der Waals surface area contributed by atoms with Crippen LogP contribution in [0, 0.1) is 5.92 Å². The largest absolute Gasteiger partial charge is 0.493 e. The topological polar surface area (TPSA) is 88.7 Å². The number of hydrazine groups is 1. The molecule has 0 aliphatic carbocycles. The van der Waals surface area contributed by atoms with E-state index in [2.05, 4.69) is 30.0 Å². The van der Waals surface area contributed by atoms with Gasteiger partial charge in [-0.3, -0.25) is 25.8 Å². The highest BCUT2D eigenvalue weighted by atomic mass is 35.5. The molecule has 2 aromatic rings. The van der Waals surface area contributed by atoms with E-state index >= 15 is 0 Å². The molecule has 2 aromatic carbocycles. The number of nitrogens with one attached hydrogen (secondary N) is 3. The summed E-state index contributed by atoms with van der Waals surface area (Å²) in [5, 5.41) is 2.81. The van der Waals surface area contributed by atoms with E-state index in [9.17, 15) is 9.59 Å². The van der Waals surface area contributed by atoms with Crippen molar-refractivity contribution >= 4 is 40.7 Å². The average molecular weight is 436 g/mol. The molecule has 0 spiro atoms. The molecule has 0 saturated heterocycles. The Morgan fingerprint density at radius 2 is 1.72 bits per heavy atom. The second-order valence-corrected chi connectivity index (χ2v) is 7.22. The Hall–Kier alpha value is -2.84. The Kier molecular flexibility index (Phi) is 8.69. The SMILES string of the molecule is CC(C)COc1ccc(C(=O)NC(=S)NNC(=O)COc2ccccc2Cl)cc1. The molecule has 0 aliphatic heterocycles. The van der Waals surface area contributed by atoms with Gasteiger partial charge in [0, 0.05) is 5.56 Å². The third kappa shape index (κ3) is 7.97. The molecule has 0 heterocycles. The van der Waals surface area contributed by atoms with Crippen LogP contribution in [0.15, 0.2) is 48.5 Å². The lowest BCUT2D eigenvalue weighted by atomic mass is 10.2. The molecule has 7 nitrogen and oxygen atoms in total. The van der Waals surface area contributed by atoms with Crippen LogP contribution >= 0.6 is 23.8 Å². The number of thiocarbonyl (C=S) groups is 1. The fourth-order valence-corrected chi connectivity index (χ4v) is 2.37. The molecule has 2 rings (SSSR count). The molecule has 29 heavy (non-hydrogen) atoms. The van der Waals surface area contributed by atoms with E-state index in [1.807, 2.05) is 0 Å². The van der Waals surface area contributed by atoms with Crippen LogP contribution in [0.25, 0.3) is 0 Å². The number of amides is 2. The third-order valence-electron chi connectivity index (χ3n) is 3.44. The summed E-state index contributed by atoms with van der Waals surface area (Å²) in [7, 11) is 0. The lowest BCUT2D eigenvalue weighted by Crippen LogP contribution is -2.49. The van der Waals surface area contributed by atoms with Crippen LogP contribution in [-0.4, -0.2) is 30.1 Å². The van der Waals surface area contributed by atoms with Crippen LogP contribution < -0.4 is 25.6 Å². The van der Waals surface area contributed by atoms with Crippen molar-refractivity contribution in [1.82, 2.24) is 16.2 Å². The Morgan fingerprint density at radius 3 is 2.38 bits per heavy atom. The van der Waals surface area contributed by atoms with Gasteiger partial charge < -0.3 is 9.47 Å². The molecular formula is C20H22ClN3O4S. The molecule has 0 unspecified atom stereocenters. The molecule has 0 radical (unpaired) electrons. The highest BCUT2D eigenvalue weighted by Gasteiger charge is 2.10. The number of ether oxygens (including phenoxy) is 2. The van der Waals surface area contributed by atoms with Crippen molar-refractivity contribution in [3.05, 3.63) is 59.1 Å². The minimum Gasteiger partial charge on any atom is -0.493 e. The van der Waals surface area contributed by atoms with Crippen LogP contribution in [0.1, 0.15) is 24.2 Å². The van der Waals surface area contributed by atoms with Crippen molar-refractivity contribution in [2.75, 3.05) is 13.2 Å². The van der Waals surface area contributed by atoms with Crippen LogP contribution in [0.2, 0.25) is 5.02 Å². The first-order chi connectivity index (χ1) is 13.8. The number of hydrogen-bond donors (Lipinski definition) is 3. The standard InChI is InChI=1S/C20H22ClN3O4S/c1-13(2)11-27-15-9-7-14(8-10-15)19(26)22-20(29)24-23-18(25)12-28-17-6-4-3-5-16(17)21/h3-10,13H,11-12H2,1-2H3,(H,23,25)(H2,22,24,26,29). The highest BCUT2D eigenvalue weighted by molar-refractivity contribution is 7.80. The quantitative estimate of drug-likeness (QED) is 0.457. The monoisotopic (exact) mass is 435 g/mol. The number of hydrogen-bond acceptors (Lipinski definition) is 5. The van der Waals surface area contributed by atoms with Crippen molar-refractivity contribution in [3.63, 3.8) is 0 Å². The molecule has 0 atom stereocenters. The van der Waals surface area contributed by atoms with Gasteiger partial charge in [0.15, 0.2) is 11.7 Å². The van der Waals surface area contributed by atoms with Gasteiger partial charge in [-0.15, -0.1) is 0 Å². The van der Waals surface area contributed by atoms with E-state index in [-0.39, 0.29) is 11.7 Å². The van der Waals surface area contributed by atoms with Crippen molar-refractivity contribution in [2.24, 2.45) is 5.92 Å². The normalized spacial score (nSPS) is 10.2. The molecule has 3 N–H and O–H groups in total. The molecule has 154 valence electrons. The van der Waals surface area contributed by atoms with Gasteiger partial charge in [0.2, 0.25) is 0 Å². The van der Waals surface area contributed by atoms with E-state index in [0.29, 0.717) is 34.6 Å². The van der Waals surface area contributed by atoms with Crippen molar-refractivity contribution < 1.29 is 19.1 Å². The van der Waals surface area contributed by atoms with Crippen LogP contribution in [0.3, 0.4) is 0 Å². The minimum absolute atomic E-state index is 0.0544. The number of para-hydroxylation sites is 1. The second-order valence-electron chi connectivity index (χ2n) is 6.40. The summed E-state index contributed by atoms with van der Waals surface area (Å²) in [6.45, 7) is 4.43. The molecular weight excluding hydrogens is 414 g/mol. The van der Waals surface area contributed by atoms with Gasteiger partial charge in [-0.1, -0.05) is 37.6 Å². The van der Waals surface area contributed by atoms with Gasteiger partial charge in [-0.2, -0.15) is 0 Å². The van der Waals surface area contributed by atoms with Crippen molar-refractivity contribution in [3.8, 4) is 11.5 Å². The number of carbonyl (C=O) groups is 2. The minimum atomic E-state index is -0.492. The predicted octanol–water partition coefficient (Wildman–Crippen LogP) is 3.09. The predicted molar refractivity (Wildman–Crippen MR) is 115 cm³/mol. The van der Waals surface area contributed by atoms with E-state index in [0.717, 1.165) is 0 Å². The van der Waals surface area contributed by atoms with Crippen LogP contribution in [0.4, 0.5) is 0 Å². The zero-order valence-corrected chi connectivity index (χ0v) is 17.6. The number of halogens is 1. The van der Waals surface area contributed by atoms with Gasteiger partial charge in [-0.25, -0.2) is 0 Å². The van der Waals surface area contributed by atoms with Crippen LogP contribution in [0.5, 0.6) is 11.5 Å². The third-order valence-corrected chi connectivity index (χ3v) is 3.95. The summed E-state index contributed by atoms with van der Waals surface area (Å²) >= 11 is 10.9. The van der Waals surface area contributed by atoms with E-state index < -0.39 is 11.8 Å². The van der Waals surface area contributed by atoms with Gasteiger partial charge in [0.25, 0.3) is 11.8 Å². The zero-order chi connectivity index (χ0) is 21.2. The lowest BCUT2D eigenvalue weighted by molar-refractivity contribution is -0.123. The maximum absolute atomic E-state index is 12.2. The molecule has 2 amide bonds. The fraction of sp³-hybridized carbons (Fsp3) is 0.250. The van der Waals surface area contributed by atoms with E-state index in [1.54, 1.807) is 48.5 Å². The van der Waals surface area contributed by atoms with Gasteiger partial charge >= 0.3 is 0 Å². The zero-order valence-electron chi connectivity index (χ0n) is 16.0. The summed E-state index contributed by atoms with van der Waals surface area (Å²) in [6, 6.07) is 13.5. The van der Waals surface area contributed by atoms with Crippen molar-refractivity contribution in [2.45, 2.75) is 13.8 Å². The number of rotatable bonds is 7. The molecule has 0 fully saturated rings. The number of benzene rings is 2. The molecule has 0 aromatic heterocycles. The Balaban J connectivity index is 1.73. The maximum Gasteiger partial charge on any atom is 0.276 e. The summed E-state index contributed by atoms with van der Waals surface area (Å²) in [4.78, 5) is 24.0. The summed E-state index contributed by atoms with van der Waals surface area (Å²) in [5.74, 6) is 0.571. The first kappa shape index (κ1) is 22.4. The van der Waals surface area contributed by atoms with E-state index in [4.69, 9.17) is 33.3 Å². The Bertz CT molecular complexity index is 859. The second kappa shape index (κ2) is 11.2. The fourth-order valence-electron chi connectivity index (χ4n) is 2.04. The maximum atomic E-state index is 12.2. The van der Waals surface area contributed by atoms with Gasteiger partial charge in [-0.05, 0) is 54.5 Å². The molecule has 0 aliphatic rings. The first-order valence-corrected chi connectivity index (χ1v) is 9.64. The summed E-state index contributed by atoms with van der Waals surface area (Å²) in [5.41, 5.74) is 5.18. The van der Waals surface area contributed by atoms with E-state index in [1.165, 1.54) is 0 Å². The van der Waals surface area contributed by atoms with Crippen LogP contribution in [-0.2, 0) is 4.79 Å². The molecule has 0 bridgehead atoms. The van der Waals surface area contributed by atoms with Gasteiger partial charge in [0.05, 0.1) is 11.6 Å². The molecule has 0 saturated carbocycles. The van der Waals surface area contributed by atoms with Crippen molar-refractivity contribution in [1.29, 1.82) is 0 Å². The number of carbonyl (C=O) groups excluding carboxylic acids is 2. The highest BCUT2D eigenvalue weighted by Crippen LogP contribution is 2.22. The molecule has 9 heteroatoms. The summed E-state index contributed by atoms with van der Waals surface area (Å²) in [6.07, 6.45) is 0. The lowest BCUT2D eigenvalue weighted by Gasteiger charge is -2.12. The summed E-state index contributed by atoms with van der Waals surface area (Å²) < 4.78 is 10.9. The smallest absolute Gasteiger partial charge is 0.276 e. The van der Waals surface area contributed by atoms with Gasteiger partial charge in [0.1, 0.15) is 11.5 Å².